The quantitative estimate of drug-likeness (QED) is 0.874. The summed E-state index contributed by atoms with van der Waals surface area (Å²) < 4.78 is 26.4. The molecule has 0 aliphatic carbocycles. The predicted molar refractivity (Wildman–Crippen MR) is 80.4 cm³/mol. The first kappa shape index (κ1) is 16.1. The van der Waals surface area contributed by atoms with Gasteiger partial charge >= 0.3 is 5.97 Å². The molecule has 0 radical (unpaired) electrons. The lowest BCUT2D eigenvalue weighted by Gasteiger charge is -2.36. The van der Waals surface area contributed by atoms with Crippen molar-refractivity contribution in [2.75, 3.05) is 18.8 Å². The molecular weight excluding hydrogens is 314 g/mol. The lowest BCUT2D eigenvalue weighted by atomic mass is 10.2. The highest BCUT2D eigenvalue weighted by Crippen LogP contribution is 2.33. The minimum Gasteiger partial charge on any atom is -0.507 e. The molecule has 0 saturated carbocycles. The fourth-order valence-corrected chi connectivity index (χ4v) is 5.11. The van der Waals surface area contributed by atoms with Crippen LogP contribution >= 0.6 is 11.8 Å². The number of nitrogens with zero attached hydrogens (tertiary/aromatic N) is 1. The molecule has 2 rings (SSSR count). The van der Waals surface area contributed by atoms with Crippen molar-refractivity contribution in [1.29, 1.82) is 0 Å². The van der Waals surface area contributed by atoms with E-state index >= 15 is 0 Å². The zero-order valence-corrected chi connectivity index (χ0v) is 13.4. The van der Waals surface area contributed by atoms with Gasteiger partial charge in [0, 0.05) is 23.6 Å². The number of rotatable bonds is 3. The fourth-order valence-electron chi connectivity index (χ4n) is 2.17. The molecule has 1 heterocycles. The molecule has 8 heteroatoms. The highest BCUT2D eigenvalue weighted by molar-refractivity contribution is 8.00. The van der Waals surface area contributed by atoms with E-state index in [0.717, 1.165) is 12.1 Å². The Bertz CT molecular complexity index is 669. The molecule has 1 aromatic rings. The number of carbonyl (C=O) groups is 1. The van der Waals surface area contributed by atoms with E-state index in [-0.39, 0.29) is 9.64 Å². The van der Waals surface area contributed by atoms with Gasteiger partial charge in [0.1, 0.15) is 11.3 Å². The molecule has 1 fully saturated rings. The molecule has 2 N–H and O–H groups in total. The Balaban J connectivity index is 2.40. The van der Waals surface area contributed by atoms with Crippen molar-refractivity contribution in [3.8, 4) is 5.75 Å². The molecule has 21 heavy (non-hydrogen) atoms. The Labute approximate surface area is 127 Å². The van der Waals surface area contributed by atoms with Gasteiger partial charge in [-0.2, -0.15) is 16.1 Å². The van der Waals surface area contributed by atoms with Crippen molar-refractivity contribution < 1.29 is 23.4 Å². The highest BCUT2D eigenvalue weighted by atomic mass is 32.2. The van der Waals surface area contributed by atoms with Gasteiger partial charge in [-0.25, -0.2) is 13.2 Å². The van der Waals surface area contributed by atoms with Crippen LogP contribution in [-0.2, 0) is 10.0 Å². The molecule has 6 nitrogen and oxygen atoms in total. The van der Waals surface area contributed by atoms with Crippen molar-refractivity contribution in [3.63, 3.8) is 0 Å². The molecule has 0 unspecified atom stereocenters. The lowest BCUT2D eigenvalue weighted by molar-refractivity contribution is 0.0693. The zero-order valence-electron chi connectivity index (χ0n) is 11.7. The lowest BCUT2D eigenvalue weighted by Crippen LogP contribution is -2.46. The largest absolute Gasteiger partial charge is 0.507 e. The van der Waals surface area contributed by atoms with Gasteiger partial charge in [-0.05, 0) is 32.0 Å². The maximum absolute atomic E-state index is 12.6. The maximum Gasteiger partial charge on any atom is 0.339 e. The van der Waals surface area contributed by atoms with Crippen LogP contribution in [0.15, 0.2) is 23.1 Å². The van der Waals surface area contributed by atoms with Crippen LogP contribution in [0, 0.1) is 0 Å². The van der Waals surface area contributed by atoms with Crippen LogP contribution in [0.2, 0.25) is 0 Å². The number of thioether (sulfide) groups is 1. The van der Waals surface area contributed by atoms with Crippen LogP contribution in [0.4, 0.5) is 0 Å². The average Bonchev–Trinajstić information content (AvgIpc) is 2.37. The Morgan fingerprint density at radius 2 is 2.05 bits per heavy atom. The third-order valence-corrected chi connectivity index (χ3v) is 6.37. The van der Waals surface area contributed by atoms with Gasteiger partial charge in [0.05, 0.1) is 4.90 Å². The summed E-state index contributed by atoms with van der Waals surface area (Å²) in [5, 5.41) is 18.4. The standard InChI is InChI=1S/C13H17NO5S2/c1-13(2)8-14(5-6-20-13)21(18,19)9-3-4-11(15)10(7-9)12(16)17/h3-4,7,15H,5-6,8H2,1-2H3,(H,16,17). The third-order valence-electron chi connectivity index (χ3n) is 3.23. The first-order chi connectivity index (χ1) is 9.63. The predicted octanol–water partition coefficient (Wildman–Crippen LogP) is 1.61. The Hall–Kier alpha value is -1.25. The number of phenols is 1. The number of aromatic carboxylic acids is 1. The van der Waals surface area contributed by atoms with E-state index < -0.39 is 27.3 Å². The second-order valence-corrected chi connectivity index (χ2v) is 9.17. The van der Waals surface area contributed by atoms with Gasteiger partial charge in [0.15, 0.2) is 0 Å². The van der Waals surface area contributed by atoms with Crippen LogP contribution in [0.25, 0.3) is 0 Å². The normalized spacial score (nSPS) is 19.3. The van der Waals surface area contributed by atoms with E-state index in [1.54, 1.807) is 11.8 Å². The van der Waals surface area contributed by atoms with Crippen molar-refractivity contribution in [1.82, 2.24) is 4.31 Å². The van der Waals surface area contributed by atoms with Gasteiger partial charge in [-0.15, -0.1) is 0 Å². The minimum atomic E-state index is -3.76. The Morgan fingerprint density at radius 1 is 1.38 bits per heavy atom. The van der Waals surface area contributed by atoms with E-state index in [9.17, 15) is 18.3 Å². The number of benzene rings is 1. The SMILES string of the molecule is CC1(C)CN(S(=O)(=O)c2ccc(O)c(C(=O)O)c2)CCS1. The molecule has 0 amide bonds. The Kier molecular flexibility index (Phi) is 4.23. The maximum atomic E-state index is 12.6. The monoisotopic (exact) mass is 331 g/mol. The molecule has 116 valence electrons. The van der Waals surface area contributed by atoms with Crippen LogP contribution in [0.5, 0.6) is 5.75 Å². The Morgan fingerprint density at radius 3 is 2.62 bits per heavy atom. The summed E-state index contributed by atoms with van der Waals surface area (Å²) in [5.74, 6) is -1.12. The van der Waals surface area contributed by atoms with E-state index in [0.29, 0.717) is 18.8 Å². The molecule has 1 aliphatic rings. The summed E-state index contributed by atoms with van der Waals surface area (Å²) in [6.45, 7) is 4.70. The molecule has 0 bridgehead atoms. The fraction of sp³-hybridized carbons (Fsp3) is 0.462. The number of sulfonamides is 1. The van der Waals surface area contributed by atoms with E-state index in [1.807, 2.05) is 13.8 Å². The molecule has 0 atom stereocenters. The first-order valence-corrected chi connectivity index (χ1v) is 8.76. The summed E-state index contributed by atoms with van der Waals surface area (Å²) in [7, 11) is -3.76. The van der Waals surface area contributed by atoms with Gasteiger partial charge in [0.25, 0.3) is 0 Å². The molecule has 1 saturated heterocycles. The van der Waals surface area contributed by atoms with Crippen LogP contribution in [0.3, 0.4) is 0 Å². The van der Waals surface area contributed by atoms with Crippen molar-refractivity contribution in [3.05, 3.63) is 23.8 Å². The average molecular weight is 331 g/mol. The summed E-state index contributed by atoms with van der Waals surface area (Å²) in [6.07, 6.45) is 0. The molecule has 0 aromatic heterocycles. The molecule has 1 aliphatic heterocycles. The number of carboxylic acids is 1. The van der Waals surface area contributed by atoms with E-state index in [4.69, 9.17) is 5.11 Å². The van der Waals surface area contributed by atoms with Crippen LogP contribution in [0.1, 0.15) is 24.2 Å². The molecule has 1 aromatic carbocycles. The van der Waals surface area contributed by atoms with Crippen molar-refractivity contribution in [2.24, 2.45) is 0 Å². The smallest absolute Gasteiger partial charge is 0.339 e. The summed E-state index contributed by atoms with van der Waals surface area (Å²) >= 11 is 1.71. The van der Waals surface area contributed by atoms with Crippen LogP contribution < -0.4 is 0 Å². The zero-order chi connectivity index (χ0) is 15.8. The van der Waals surface area contributed by atoms with Gasteiger partial charge in [-0.3, -0.25) is 0 Å². The number of aromatic hydroxyl groups is 1. The second-order valence-electron chi connectivity index (χ2n) is 5.43. The minimum absolute atomic E-state index is 0.111. The van der Waals surface area contributed by atoms with Crippen LogP contribution in [-0.4, -0.2) is 52.5 Å². The van der Waals surface area contributed by atoms with Gasteiger partial charge in [0.2, 0.25) is 10.0 Å². The van der Waals surface area contributed by atoms with E-state index in [1.165, 1.54) is 10.4 Å². The molecule has 0 spiro atoms. The number of carboxylic acid groups (broad SMARTS) is 1. The second kappa shape index (κ2) is 5.51. The third kappa shape index (κ3) is 3.33. The summed E-state index contributed by atoms with van der Waals surface area (Å²) in [6, 6.07) is 3.33. The summed E-state index contributed by atoms with van der Waals surface area (Å²) in [4.78, 5) is 10.9. The van der Waals surface area contributed by atoms with Crippen molar-refractivity contribution in [2.45, 2.75) is 23.5 Å². The first-order valence-electron chi connectivity index (χ1n) is 6.34. The van der Waals surface area contributed by atoms with E-state index in [2.05, 4.69) is 0 Å². The van der Waals surface area contributed by atoms with Crippen molar-refractivity contribution >= 4 is 27.8 Å². The highest BCUT2D eigenvalue weighted by Gasteiger charge is 2.35. The topological polar surface area (TPSA) is 94.9 Å². The number of hydrogen-bond acceptors (Lipinski definition) is 5. The van der Waals surface area contributed by atoms with Gasteiger partial charge < -0.3 is 10.2 Å². The number of hydrogen-bond donors (Lipinski definition) is 2. The van der Waals surface area contributed by atoms with Gasteiger partial charge in [-0.1, -0.05) is 0 Å². The molecular formula is C13H17NO5S2. The summed E-state index contributed by atoms with van der Waals surface area (Å²) in [5.41, 5.74) is -0.415.